The van der Waals surface area contributed by atoms with E-state index in [0.717, 1.165) is 24.2 Å². The van der Waals surface area contributed by atoms with Crippen molar-refractivity contribution in [3.63, 3.8) is 0 Å². The molecule has 2 N–H and O–H groups in total. The van der Waals surface area contributed by atoms with Gasteiger partial charge in [0.15, 0.2) is 0 Å². The molecule has 1 aliphatic rings. The SMILES string of the molecule is CC(C)(C)OC(=O)N1CCC(Nc2ccc(NC=C(C#N)C#N)cc2)CC1. The number of likely N-dealkylation sites (tertiary alicyclic amines) is 1. The smallest absolute Gasteiger partial charge is 0.410 e. The number of rotatable bonds is 4. The van der Waals surface area contributed by atoms with E-state index in [2.05, 4.69) is 10.6 Å². The maximum absolute atomic E-state index is 12.1. The van der Waals surface area contributed by atoms with Crippen LogP contribution in [0.1, 0.15) is 33.6 Å². The fourth-order valence-electron chi connectivity index (χ4n) is 2.68. The number of carbonyl (C=O) groups excluding carboxylic acids is 1. The van der Waals surface area contributed by atoms with Crippen molar-refractivity contribution >= 4 is 17.5 Å². The van der Waals surface area contributed by atoms with Crippen molar-refractivity contribution in [3.8, 4) is 12.1 Å². The second kappa shape index (κ2) is 8.95. The van der Waals surface area contributed by atoms with Crippen LogP contribution in [0.4, 0.5) is 16.2 Å². The third kappa shape index (κ3) is 6.56. The zero-order valence-electron chi connectivity index (χ0n) is 16.0. The molecule has 1 aromatic rings. The predicted molar refractivity (Wildman–Crippen MR) is 104 cm³/mol. The van der Waals surface area contributed by atoms with Gasteiger partial charge in [-0.25, -0.2) is 4.79 Å². The summed E-state index contributed by atoms with van der Waals surface area (Å²) in [5.41, 5.74) is 1.33. The highest BCUT2D eigenvalue weighted by molar-refractivity contribution is 5.68. The fourth-order valence-corrected chi connectivity index (χ4v) is 2.68. The van der Waals surface area contributed by atoms with Crippen LogP contribution in [-0.4, -0.2) is 35.7 Å². The minimum Gasteiger partial charge on any atom is -0.444 e. The summed E-state index contributed by atoms with van der Waals surface area (Å²) in [6.45, 7) is 6.95. The summed E-state index contributed by atoms with van der Waals surface area (Å²) in [4.78, 5) is 13.9. The first kappa shape index (κ1) is 20.1. The van der Waals surface area contributed by atoms with Crippen molar-refractivity contribution in [2.45, 2.75) is 45.3 Å². The molecule has 0 spiro atoms. The van der Waals surface area contributed by atoms with Gasteiger partial charge >= 0.3 is 6.09 Å². The van der Waals surface area contributed by atoms with Crippen LogP contribution in [0.2, 0.25) is 0 Å². The van der Waals surface area contributed by atoms with Gasteiger partial charge in [0.1, 0.15) is 23.3 Å². The van der Waals surface area contributed by atoms with E-state index in [1.807, 2.05) is 45.0 Å². The molecule has 1 aromatic carbocycles. The van der Waals surface area contributed by atoms with Gasteiger partial charge in [-0.2, -0.15) is 10.5 Å². The summed E-state index contributed by atoms with van der Waals surface area (Å²) >= 11 is 0. The molecule has 0 atom stereocenters. The highest BCUT2D eigenvalue weighted by Crippen LogP contribution is 2.20. The molecule has 1 saturated heterocycles. The first-order chi connectivity index (χ1) is 12.8. The second-order valence-corrected chi connectivity index (χ2v) is 7.39. The number of benzene rings is 1. The van der Waals surface area contributed by atoms with Crippen LogP contribution in [-0.2, 0) is 4.74 Å². The highest BCUT2D eigenvalue weighted by Gasteiger charge is 2.26. The van der Waals surface area contributed by atoms with Gasteiger partial charge in [-0.3, -0.25) is 0 Å². The van der Waals surface area contributed by atoms with Gasteiger partial charge in [-0.1, -0.05) is 0 Å². The van der Waals surface area contributed by atoms with Crippen LogP contribution in [0.15, 0.2) is 36.0 Å². The number of nitrogens with one attached hydrogen (secondary N) is 2. The molecule has 142 valence electrons. The zero-order valence-corrected chi connectivity index (χ0v) is 16.0. The summed E-state index contributed by atoms with van der Waals surface area (Å²) in [6.07, 6.45) is 2.85. The molecule has 0 saturated carbocycles. The second-order valence-electron chi connectivity index (χ2n) is 7.39. The third-order valence-electron chi connectivity index (χ3n) is 4.03. The molecule has 0 bridgehead atoms. The van der Waals surface area contributed by atoms with Crippen molar-refractivity contribution in [1.82, 2.24) is 4.90 Å². The first-order valence-electron chi connectivity index (χ1n) is 8.92. The number of carbonyl (C=O) groups is 1. The van der Waals surface area contributed by atoms with E-state index in [1.165, 1.54) is 6.20 Å². The van der Waals surface area contributed by atoms with Gasteiger partial charge in [-0.05, 0) is 57.9 Å². The minimum atomic E-state index is -0.474. The van der Waals surface area contributed by atoms with Crippen LogP contribution < -0.4 is 10.6 Å². The van der Waals surface area contributed by atoms with Crippen molar-refractivity contribution in [2.24, 2.45) is 0 Å². The Bertz CT molecular complexity index is 742. The van der Waals surface area contributed by atoms with E-state index in [0.29, 0.717) is 19.1 Å². The topological polar surface area (TPSA) is 101 Å². The van der Waals surface area contributed by atoms with Crippen LogP contribution in [0.3, 0.4) is 0 Å². The molecule has 0 unspecified atom stereocenters. The monoisotopic (exact) mass is 367 g/mol. The van der Waals surface area contributed by atoms with E-state index in [4.69, 9.17) is 15.3 Å². The number of allylic oxidation sites excluding steroid dienone is 1. The van der Waals surface area contributed by atoms with Crippen molar-refractivity contribution in [2.75, 3.05) is 23.7 Å². The molecule has 1 fully saturated rings. The molecule has 7 nitrogen and oxygen atoms in total. The van der Waals surface area contributed by atoms with E-state index in [-0.39, 0.29) is 11.7 Å². The Hall–Kier alpha value is -3.19. The largest absolute Gasteiger partial charge is 0.444 e. The summed E-state index contributed by atoms with van der Waals surface area (Å²) in [7, 11) is 0. The average Bonchev–Trinajstić information content (AvgIpc) is 2.63. The highest BCUT2D eigenvalue weighted by atomic mass is 16.6. The normalized spacial score (nSPS) is 14.5. The minimum absolute atomic E-state index is 0.0222. The van der Waals surface area contributed by atoms with Gasteiger partial charge in [0.05, 0.1) is 0 Å². The van der Waals surface area contributed by atoms with Gasteiger partial charge in [0, 0.05) is 36.7 Å². The van der Waals surface area contributed by atoms with E-state index >= 15 is 0 Å². The Labute approximate surface area is 160 Å². The quantitative estimate of drug-likeness (QED) is 0.784. The predicted octanol–water partition coefficient (Wildman–Crippen LogP) is 3.84. The number of hydrogen-bond donors (Lipinski definition) is 2. The summed E-state index contributed by atoms with van der Waals surface area (Å²) in [5.74, 6) is 0. The average molecular weight is 367 g/mol. The standard InChI is InChI=1S/C20H25N5O2/c1-20(2,3)27-19(26)25-10-8-18(9-11-25)24-17-6-4-16(5-7-17)23-14-15(12-21)13-22/h4-7,14,18,23-24H,8-11H2,1-3H3. The molecule has 1 amide bonds. The number of ether oxygens (including phenoxy) is 1. The van der Waals surface area contributed by atoms with Gasteiger partial charge < -0.3 is 20.3 Å². The summed E-state index contributed by atoms with van der Waals surface area (Å²) in [5, 5.41) is 23.8. The molecule has 2 rings (SSSR count). The number of piperidine rings is 1. The van der Waals surface area contributed by atoms with Gasteiger partial charge in [-0.15, -0.1) is 0 Å². The van der Waals surface area contributed by atoms with E-state index in [1.54, 1.807) is 17.0 Å². The number of anilines is 2. The Morgan fingerprint density at radius 2 is 1.70 bits per heavy atom. The van der Waals surface area contributed by atoms with Crippen molar-refractivity contribution < 1.29 is 9.53 Å². The Balaban J connectivity index is 1.82. The Kier molecular flexibility index (Phi) is 6.67. The number of hydrogen-bond acceptors (Lipinski definition) is 6. The van der Waals surface area contributed by atoms with Gasteiger partial charge in [0.25, 0.3) is 0 Å². The molecule has 1 heterocycles. The molecule has 7 heteroatoms. The van der Waals surface area contributed by atoms with Crippen LogP contribution in [0.5, 0.6) is 0 Å². The van der Waals surface area contributed by atoms with Crippen molar-refractivity contribution in [1.29, 1.82) is 10.5 Å². The van der Waals surface area contributed by atoms with Crippen molar-refractivity contribution in [3.05, 3.63) is 36.0 Å². The number of amides is 1. The van der Waals surface area contributed by atoms with Crippen LogP contribution >= 0.6 is 0 Å². The lowest BCUT2D eigenvalue weighted by molar-refractivity contribution is 0.0210. The van der Waals surface area contributed by atoms with Gasteiger partial charge in [0.2, 0.25) is 0 Å². The number of nitriles is 2. The Morgan fingerprint density at radius 3 is 2.22 bits per heavy atom. The van der Waals surface area contributed by atoms with Crippen LogP contribution in [0.25, 0.3) is 0 Å². The molecular formula is C20H25N5O2. The number of nitrogens with zero attached hydrogens (tertiary/aromatic N) is 3. The lowest BCUT2D eigenvalue weighted by Gasteiger charge is -2.34. The summed E-state index contributed by atoms with van der Waals surface area (Å²) < 4.78 is 5.41. The van der Waals surface area contributed by atoms with Crippen LogP contribution in [0, 0.1) is 22.7 Å². The Morgan fingerprint density at radius 1 is 1.15 bits per heavy atom. The van der Waals surface area contributed by atoms with E-state index < -0.39 is 5.60 Å². The summed E-state index contributed by atoms with van der Waals surface area (Å²) in [6, 6.07) is 11.5. The van der Waals surface area contributed by atoms with E-state index in [9.17, 15) is 4.79 Å². The maximum Gasteiger partial charge on any atom is 0.410 e. The first-order valence-corrected chi connectivity index (χ1v) is 8.92. The zero-order chi connectivity index (χ0) is 19.9. The molecule has 1 aliphatic heterocycles. The third-order valence-corrected chi connectivity index (χ3v) is 4.03. The molecule has 0 aliphatic carbocycles. The fraction of sp³-hybridized carbons (Fsp3) is 0.450. The lowest BCUT2D eigenvalue weighted by atomic mass is 10.0. The molecule has 0 aromatic heterocycles. The molecular weight excluding hydrogens is 342 g/mol. The molecule has 0 radical (unpaired) electrons. The maximum atomic E-state index is 12.1. The molecule has 27 heavy (non-hydrogen) atoms. The lowest BCUT2D eigenvalue weighted by Crippen LogP contribution is -2.44.